The van der Waals surface area contributed by atoms with Gasteiger partial charge in [-0.1, -0.05) is 6.92 Å². The van der Waals surface area contributed by atoms with Gasteiger partial charge in [-0.2, -0.15) is 0 Å². The van der Waals surface area contributed by atoms with Crippen LogP contribution < -0.4 is 0 Å². The van der Waals surface area contributed by atoms with Gasteiger partial charge in [0.05, 0.1) is 20.0 Å². The Labute approximate surface area is 67.8 Å². The maximum atomic E-state index is 8.03. The third-order valence-electron chi connectivity index (χ3n) is 1.20. The molecule has 2 aliphatic heterocycles. The molecular formula is C7H12O2. The minimum atomic E-state index is -3.08. The van der Waals surface area contributed by atoms with Crippen LogP contribution >= 0.6 is 0 Å². The second kappa shape index (κ2) is 1.96. The van der Waals surface area contributed by atoms with Crippen molar-refractivity contribution in [1.82, 2.24) is 0 Å². The summed E-state index contributed by atoms with van der Waals surface area (Å²) in [5, 5.41) is 0. The lowest BCUT2D eigenvalue weighted by atomic mass is 9.96. The Hall–Kier alpha value is -0.0800. The summed E-state index contributed by atoms with van der Waals surface area (Å²) in [5.74, 6) is -5.39. The second-order valence-corrected chi connectivity index (χ2v) is 1.82. The topological polar surface area (TPSA) is 18.5 Å². The van der Waals surface area contributed by atoms with Crippen molar-refractivity contribution in [3.63, 3.8) is 0 Å². The van der Waals surface area contributed by atoms with Crippen LogP contribution in [-0.4, -0.2) is 19.4 Å². The first-order valence-electron chi connectivity index (χ1n) is 7.07. The van der Waals surface area contributed by atoms with E-state index in [0.29, 0.717) is 0 Å². The van der Waals surface area contributed by atoms with Gasteiger partial charge in [0.25, 0.3) is 0 Å². The van der Waals surface area contributed by atoms with Crippen LogP contribution in [0, 0.1) is 11.8 Å². The minimum Gasteiger partial charge on any atom is -0.352 e. The smallest absolute Gasteiger partial charge is 0.160 e. The second-order valence-electron chi connectivity index (χ2n) is 1.82. The van der Waals surface area contributed by atoms with Gasteiger partial charge in [0, 0.05) is 11.4 Å². The summed E-state index contributed by atoms with van der Waals surface area (Å²) in [5.41, 5.74) is 0. The highest BCUT2D eigenvalue weighted by Gasteiger charge is 2.38. The summed E-state index contributed by atoms with van der Waals surface area (Å²) in [6.07, 6.45) is -6.00. The zero-order chi connectivity index (χ0) is 14.4. The Morgan fingerprint density at radius 1 is 1.67 bits per heavy atom. The zero-order valence-electron chi connectivity index (χ0n) is 13.8. The van der Waals surface area contributed by atoms with Gasteiger partial charge in [-0.05, 0) is 12.3 Å². The predicted molar refractivity (Wildman–Crippen MR) is 33.0 cm³/mol. The quantitative estimate of drug-likeness (QED) is 0.496. The van der Waals surface area contributed by atoms with Gasteiger partial charge in [0.1, 0.15) is 0 Å². The van der Waals surface area contributed by atoms with E-state index in [-0.39, 0.29) is 0 Å². The Bertz CT molecular complexity index is 374. The molecule has 2 fully saturated rings. The Balaban J connectivity index is 2.72. The van der Waals surface area contributed by atoms with Crippen LogP contribution in [0.4, 0.5) is 0 Å². The fourth-order valence-electron chi connectivity index (χ4n) is 0.718. The van der Waals surface area contributed by atoms with E-state index in [0.717, 1.165) is 6.92 Å². The highest BCUT2D eigenvalue weighted by molar-refractivity contribution is 4.79. The molecule has 3 atom stereocenters. The molecule has 0 aromatic rings. The molecule has 2 heterocycles. The number of rotatable bonds is 0. The summed E-state index contributed by atoms with van der Waals surface area (Å²) in [6, 6.07) is 0. The number of fused-ring (bicyclic) bond motifs is 1. The molecule has 0 radical (unpaired) electrons. The van der Waals surface area contributed by atoms with Crippen LogP contribution in [0.5, 0.6) is 0 Å². The van der Waals surface area contributed by atoms with E-state index >= 15 is 0 Å². The van der Waals surface area contributed by atoms with Gasteiger partial charge in [-0.15, -0.1) is 0 Å². The average Bonchev–Trinajstić information content (AvgIpc) is 2.27. The van der Waals surface area contributed by atoms with Crippen LogP contribution in [0.3, 0.4) is 0 Å². The van der Waals surface area contributed by atoms with Crippen LogP contribution in [0.1, 0.15) is 25.6 Å². The molecule has 52 valence electrons. The molecule has 0 bridgehead atoms. The number of hydrogen-bond acceptors (Lipinski definition) is 2. The minimum absolute atomic E-state index is 0.902. The standard InChI is InChI=1S/C7H12O2/c1-5-4-9-7-6(5)2-3-8-7/h5-7H,2-4H2,1H3/t5-,6-,7+/m0/s1/i2D2,3D2,4D2,5D,6D,7D. The number of ether oxygens (including phenoxy) is 2. The van der Waals surface area contributed by atoms with E-state index in [1.54, 1.807) is 0 Å². The SMILES string of the molecule is [2H]C1([2H])O[C@]2([2H])OC([2H])([2H])[C@]([2H])(C)[C@]2([2H])C1([2H])[2H]. The molecule has 0 saturated carbocycles. The van der Waals surface area contributed by atoms with Crippen LogP contribution in [-0.2, 0) is 9.47 Å². The first kappa shape index (κ1) is 1.56. The normalized spacial score (nSPS) is 106. The summed E-state index contributed by atoms with van der Waals surface area (Å²) < 4.78 is 77.8. The molecule has 0 aromatic carbocycles. The molecule has 0 N–H and O–H groups in total. The molecule has 0 aromatic heterocycles. The molecule has 0 unspecified atom stereocenters. The van der Waals surface area contributed by atoms with E-state index in [1.807, 2.05) is 0 Å². The van der Waals surface area contributed by atoms with E-state index in [9.17, 15) is 0 Å². The molecule has 2 rings (SSSR count). The summed E-state index contributed by atoms with van der Waals surface area (Å²) in [7, 11) is 0. The molecular weight excluding hydrogens is 116 g/mol. The lowest BCUT2D eigenvalue weighted by molar-refractivity contribution is -0.0905. The maximum Gasteiger partial charge on any atom is 0.160 e. The van der Waals surface area contributed by atoms with Crippen molar-refractivity contribution >= 4 is 0 Å². The van der Waals surface area contributed by atoms with Crippen molar-refractivity contribution in [2.45, 2.75) is 19.6 Å². The molecule has 0 spiro atoms. The highest BCUT2D eigenvalue weighted by atomic mass is 16.7. The van der Waals surface area contributed by atoms with Gasteiger partial charge < -0.3 is 9.47 Å². The molecule has 0 amide bonds. The van der Waals surface area contributed by atoms with Gasteiger partial charge in [-0.25, -0.2) is 0 Å². The first-order chi connectivity index (χ1) is 7.66. The van der Waals surface area contributed by atoms with Gasteiger partial charge >= 0.3 is 0 Å². The molecule has 2 heteroatoms. The molecule has 2 saturated heterocycles. The van der Waals surface area contributed by atoms with Crippen molar-refractivity contribution in [2.24, 2.45) is 11.8 Å². The van der Waals surface area contributed by atoms with Crippen LogP contribution in [0.15, 0.2) is 0 Å². The van der Waals surface area contributed by atoms with Gasteiger partial charge in [0.2, 0.25) is 0 Å². The van der Waals surface area contributed by atoms with Crippen molar-refractivity contribution in [3.8, 4) is 0 Å². The van der Waals surface area contributed by atoms with E-state index in [2.05, 4.69) is 9.47 Å². The Morgan fingerprint density at radius 2 is 2.56 bits per heavy atom. The average molecular weight is 137 g/mol. The monoisotopic (exact) mass is 137 g/mol. The summed E-state index contributed by atoms with van der Waals surface area (Å²) in [6.45, 7) is -4.92. The largest absolute Gasteiger partial charge is 0.352 e. The zero-order valence-corrected chi connectivity index (χ0v) is 4.82. The highest BCUT2D eigenvalue weighted by Crippen LogP contribution is 2.34. The first-order valence-corrected chi connectivity index (χ1v) is 2.57. The molecule has 9 heavy (non-hydrogen) atoms. The predicted octanol–water partition coefficient (Wildman–Crippen LogP) is 1.02. The molecule has 2 nitrogen and oxygen atoms in total. The molecule has 2 aliphatic rings. The van der Waals surface area contributed by atoms with Crippen molar-refractivity contribution in [1.29, 1.82) is 0 Å². The lowest BCUT2D eigenvalue weighted by Gasteiger charge is -2.07. The van der Waals surface area contributed by atoms with E-state index < -0.39 is 37.5 Å². The number of hydrogen-bond donors (Lipinski definition) is 0. The van der Waals surface area contributed by atoms with Gasteiger partial charge in [0.15, 0.2) is 6.27 Å². The fraction of sp³-hybridized carbons (Fsp3) is 1.00. The fourth-order valence-corrected chi connectivity index (χ4v) is 0.718. The third-order valence-corrected chi connectivity index (χ3v) is 1.20. The molecule has 0 aliphatic carbocycles. The maximum absolute atomic E-state index is 8.03. The van der Waals surface area contributed by atoms with Crippen molar-refractivity contribution in [2.75, 3.05) is 13.1 Å². The van der Waals surface area contributed by atoms with E-state index in [4.69, 9.17) is 12.3 Å². The Kier molecular flexibility index (Phi) is 0.340. The summed E-state index contributed by atoms with van der Waals surface area (Å²) >= 11 is 0. The third kappa shape index (κ3) is 0.775. The van der Waals surface area contributed by atoms with Crippen LogP contribution in [0.2, 0.25) is 0 Å². The van der Waals surface area contributed by atoms with Crippen LogP contribution in [0.25, 0.3) is 0 Å². The Morgan fingerprint density at radius 3 is 3.33 bits per heavy atom. The lowest BCUT2D eigenvalue weighted by Crippen LogP contribution is -2.12. The van der Waals surface area contributed by atoms with Crippen molar-refractivity contribution < 1.29 is 21.8 Å². The van der Waals surface area contributed by atoms with E-state index in [1.165, 1.54) is 0 Å². The van der Waals surface area contributed by atoms with Crippen molar-refractivity contribution in [3.05, 3.63) is 0 Å². The van der Waals surface area contributed by atoms with Gasteiger partial charge in [-0.3, -0.25) is 0 Å². The summed E-state index contributed by atoms with van der Waals surface area (Å²) in [4.78, 5) is 0.